The van der Waals surface area contributed by atoms with E-state index in [9.17, 15) is 9.59 Å². The van der Waals surface area contributed by atoms with Crippen LogP contribution in [0.25, 0.3) is 0 Å². The zero-order chi connectivity index (χ0) is 25.5. The normalized spacial score (nSPS) is 11.9. The van der Waals surface area contributed by atoms with Gasteiger partial charge in [0.1, 0.15) is 5.75 Å². The monoisotopic (exact) mass is 515 g/mol. The van der Waals surface area contributed by atoms with Crippen LogP contribution in [0.4, 0.5) is 5.69 Å². The van der Waals surface area contributed by atoms with Gasteiger partial charge in [0.05, 0.1) is 18.9 Å². The maximum Gasteiger partial charge on any atom is 0.251 e. The van der Waals surface area contributed by atoms with Crippen molar-refractivity contribution in [2.45, 2.75) is 45.4 Å². The van der Waals surface area contributed by atoms with Gasteiger partial charge in [-0.15, -0.1) is 10.2 Å². The largest absolute Gasteiger partial charge is 0.497 e. The van der Waals surface area contributed by atoms with E-state index in [2.05, 4.69) is 20.8 Å². The van der Waals surface area contributed by atoms with Crippen molar-refractivity contribution in [2.75, 3.05) is 18.2 Å². The van der Waals surface area contributed by atoms with Gasteiger partial charge < -0.3 is 19.9 Å². The summed E-state index contributed by atoms with van der Waals surface area (Å²) in [6, 6.07) is 12.0. The van der Waals surface area contributed by atoms with Crippen LogP contribution in [0.5, 0.6) is 5.75 Å². The van der Waals surface area contributed by atoms with Crippen LogP contribution in [0.15, 0.2) is 47.6 Å². The zero-order valence-electron chi connectivity index (χ0n) is 20.5. The minimum Gasteiger partial charge on any atom is -0.497 e. The van der Waals surface area contributed by atoms with E-state index in [1.54, 1.807) is 43.5 Å². The lowest BCUT2D eigenvalue weighted by molar-refractivity contribution is -0.113. The van der Waals surface area contributed by atoms with Crippen LogP contribution < -0.4 is 15.4 Å². The number of nitrogens with one attached hydrogen (secondary N) is 2. The quantitative estimate of drug-likeness (QED) is 0.363. The first kappa shape index (κ1) is 26.6. The molecule has 2 amide bonds. The summed E-state index contributed by atoms with van der Waals surface area (Å²) in [6.45, 7) is 8.47. The van der Waals surface area contributed by atoms with Crippen molar-refractivity contribution in [1.82, 2.24) is 20.1 Å². The van der Waals surface area contributed by atoms with E-state index in [1.807, 2.05) is 38.3 Å². The van der Waals surface area contributed by atoms with Gasteiger partial charge in [-0.05, 0) is 61.7 Å². The van der Waals surface area contributed by atoms with Crippen LogP contribution in [-0.2, 0) is 11.3 Å². The van der Waals surface area contributed by atoms with E-state index in [0.717, 1.165) is 5.56 Å². The number of hydrogen-bond donors (Lipinski definition) is 2. The molecule has 2 aromatic carbocycles. The number of carbonyl (C=O) groups excluding carboxylic acids is 2. The van der Waals surface area contributed by atoms with Crippen molar-refractivity contribution < 1.29 is 14.3 Å². The number of rotatable bonds is 10. The Balaban J connectivity index is 1.71. The van der Waals surface area contributed by atoms with E-state index in [4.69, 9.17) is 16.3 Å². The molecule has 0 aliphatic carbocycles. The van der Waals surface area contributed by atoms with Gasteiger partial charge in [-0.1, -0.05) is 43.3 Å². The number of aromatic nitrogens is 3. The smallest absolute Gasteiger partial charge is 0.251 e. The summed E-state index contributed by atoms with van der Waals surface area (Å²) in [5.74, 6) is 1.19. The number of carbonyl (C=O) groups is 2. The summed E-state index contributed by atoms with van der Waals surface area (Å²) in [5, 5.41) is 15.9. The topological polar surface area (TPSA) is 98.1 Å². The third-order valence-corrected chi connectivity index (χ3v) is 6.90. The van der Waals surface area contributed by atoms with E-state index < -0.39 is 0 Å². The number of halogens is 1. The summed E-state index contributed by atoms with van der Waals surface area (Å²) >= 11 is 7.44. The lowest BCUT2D eigenvalue weighted by Crippen LogP contribution is -2.33. The molecule has 8 nitrogen and oxygen atoms in total. The summed E-state index contributed by atoms with van der Waals surface area (Å²) in [4.78, 5) is 25.4. The van der Waals surface area contributed by atoms with E-state index in [0.29, 0.717) is 39.5 Å². The molecule has 3 aromatic rings. The van der Waals surface area contributed by atoms with Crippen molar-refractivity contribution in [3.05, 3.63) is 64.4 Å². The molecule has 2 N–H and O–H groups in total. The summed E-state index contributed by atoms with van der Waals surface area (Å²) in [5.41, 5.74) is 2.03. The van der Waals surface area contributed by atoms with Gasteiger partial charge in [0, 0.05) is 22.8 Å². The molecule has 0 aliphatic rings. The Labute approximate surface area is 214 Å². The van der Waals surface area contributed by atoms with Gasteiger partial charge in [0.25, 0.3) is 5.91 Å². The van der Waals surface area contributed by atoms with E-state index in [-0.39, 0.29) is 29.5 Å². The third-order valence-electron chi connectivity index (χ3n) is 5.52. The Morgan fingerprint density at radius 2 is 1.86 bits per heavy atom. The van der Waals surface area contributed by atoms with Crippen LogP contribution >= 0.6 is 23.4 Å². The van der Waals surface area contributed by atoms with Crippen LogP contribution in [0.1, 0.15) is 48.6 Å². The fraction of sp³-hybridized carbons (Fsp3) is 0.360. The maximum absolute atomic E-state index is 12.9. The number of hydrogen-bond acceptors (Lipinski definition) is 6. The van der Waals surface area contributed by atoms with Crippen molar-refractivity contribution in [2.24, 2.45) is 5.92 Å². The van der Waals surface area contributed by atoms with Crippen molar-refractivity contribution in [1.29, 1.82) is 0 Å². The Morgan fingerprint density at radius 1 is 1.14 bits per heavy atom. The molecule has 0 saturated carbocycles. The fourth-order valence-corrected chi connectivity index (χ4v) is 4.47. The third kappa shape index (κ3) is 6.55. The van der Waals surface area contributed by atoms with Crippen LogP contribution in [-0.4, -0.2) is 39.4 Å². The molecule has 35 heavy (non-hydrogen) atoms. The second-order valence-corrected chi connectivity index (χ2v) is 9.61. The zero-order valence-corrected chi connectivity index (χ0v) is 22.0. The highest BCUT2D eigenvalue weighted by molar-refractivity contribution is 7.99. The number of amides is 2. The number of ether oxygens (including phenoxy) is 1. The van der Waals surface area contributed by atoms with Crippen molar-refractivity contribution in [3.8, 4) is 5.75 Å². The predicted octanol–water partition coefficient (Wildman–Crippen LogP) is 5.13. The lowest BCUT2D eigenvalue weighted by Gasteiger charge is -2.22. The molecule has 0 radical (unpaired) electrons. The Bertz CT molecular complexity index is 1180. The molecular formula is C25H30ClN5O3S. The van der Waals surface area contributed by atoms with E-state index in [1.165, 1.54) is 11.8 Å². The van der Waals surface area contributed by atoms with Crippen molar-refractivity contribution in [3.63, 3.8) is 0 Å². The summed E-state index contributed by atoms with van der Waals surface area (Å²) < 4.78 is 7.10. The SMILES string of the molecule is CCn1c(SCC(=O)Nc2cccc(Cl)c2C)nnc1[C@H](NC(=O)c1ccc(OC)cc1)C(C)C. The molecule has 0 fully saturated rings. The van der Waals surface area contributed by atoms with Gasteiger partial charge in [0.15, 0.2) is 11.0 Å². The number of nitrogens with zero attached hydrogens (tertiary/aromatic N) is 3. The van der Waals surface area contributed by atoms with E-state index >= 15 is 0 Å². The maximum atomic E-state index is 12.9. The average Bonchev–Trinajstić information content (AvgIpc) is 3.26. The second-order valence-electron chi connectivity index (χ2n) is 8.26. The van der Waals surface area contributed by atoms with Gasteiger partial charge in [-0.2, -0.15) is 0 Å². The van der Waals surface area contributed by atoms with Crippen molar-refractivity contribution >= 4 is 40.9 Å². The molecule has 1 atom stereocenters. The molecule has 3 rings (SSSR count). The number of methoxy groups -OCH3 is 1. The number of benzene rings is 2. The fourth-order valence-electron chi connectivity index (χ4n) is 3.49. The lowest BCUT2D eigenvalue weighted by atomic mass is 10.0. The Hall–Kier alpha value is -3.04. The highest BCUT2D eigenvalue weighted by atomic mass is 35.5. The van der Waals surface area contributed by atoms with Gasteiger partial charge in [0.2, 0.25) is 5.91 Å². The highest BCUT2D eigenvalue weighted by Crippen LogP contribution is 2.27. The predicted molar refractivity (Wildman–Crippen MR) is 139 cm³/mol. The van der Waals surface area contributed by atoms with Gasteiger partial charge in [-0.25, -0.2) is 0 Å². The average molecular weight is 516 g/mol. The number of anilines is 1. The molecule has 186 valence electrons. The molecule has 1 aromatic heterocycles. The minimum absolute atomic E-state index is 0.0682. The minimum atomic E-state index is -0.352. The second kappa shape index (κ2) is 12.1. The summed E-state index contributed by atoms with van der Waals surface area (Å²) in [6.07, 6.45) is 0. The first-order valence-electron chi connectivity index (χ1n) is 11.3. The molecule has 1 heterocycles. The van der Waals surface area contributed by atoms with Gasteiger partial charge >= 0.3 is 0 Å². The molecule has 0 bridgehead atoms. The number of thioether (sulfide) groups is 1. The van der Waals surface area contributed by atoms with Crippen LogP contribution in [0.3, 0.4) is 0 Å². The van der Waals surface area contributed by atoms with Crippen LogP contribution in [0.2, 0.25) is 5.02 Å². The van der Waals surface area contributed by atoms with Gasteiger partial charge in [-0.3, -0.25) is 9.59 Å². The summed E-state index contributed by atoms with van der Waals surface area (Å²) in [7, 11) is 1.58. The Kier molecular flexibility index (Phi) is 9.17. The molecular weight excluding hydrogens is 486 g/mol. The molecule has 10 heteroatoms. The molecule has 0 aliphatic heterocycles. The molecule has 0 unspecified atom stereocenters. The van der Waals surface area contributed by atoms with Crippen LogP contribution in [0, 0.1) is 12.8 Å². The standard InChI is InChI=1S/C25H30ClN5O3S/c1-6-31-23(22(15(2)3)28-24(33)17-10-12-18(34-5)13-11-17)29-30-25(31)35-14-21(32)27-20-9-7-8-19(26)16(20)4/h7-13,15,22H,6,14H2,1-5H3,(H,27,32)(H,28,33)/t22-/m1/s1. The highest BCUT2D eigenvalue weighted by Gasteiger charge is 2.26. The molecule has 0 spiro atoms. The first-order valence-corrected chi connectivity index (χ1v) is 12.7. The molecule has 0 saturated heterocycles. The Morgan fingerprint density at radius 3 is 2.49 bits per heavy atom. The first-order chi connectivity index (χ1) is 16.7.